The van der Waals surface area contributed by atoms with E-state index >= 15 is 0 Å². The Morgan fingerprint density at radius 1 is 1.26 bits per heavy atom. The molecule has 1 fully saturated rings. The van der Waals surface area contributed by atoms with Crippen LogP contribution < -0.4 is 5.32 Å². The minimum absolute atomic E-state index is 0.113. The van der Waals surface area contributed by atoms with Crippen LogP contribution in [0.1, 0.15) is 19.8 Å². The fourth-order valence-electron chi connectivity index (χ4n) is 3.49. The lowest BCUT2D eigenvalue weighted by atomic mass is 10.1. The molecule has 1 amide bonds. The first-order valence-electron chi connectivity index (χ1n) is 10.2. The molecule has 2 atom stereocenters. The molecule has 3 aromatic rings. The van der Waals surface area contributed by atoms with Gasteiger partial charge in [0, 0.05) is 18.4 Å². The Labute approximate surface area is 183 Å². The summed E-state index contributed by atoms with van der Waals surface area (Å²) in [7, 11) is 0. The molecule has 0 aliphatic carbocycles. The summed E-state index contributed by atoms with van der Waals surface area (Å²) in [5.74, 6) is -2.27. The number of amides is 1. The van der Waals surface area contributed by atoms with Crippen LogP contribution in [0, 0.1) is 11.6 Å². The van der Waals surface area contributed by atoms with Crippen LogP contribution in [0.2, 0.25) is 0 Å². The smallest absolute Gasteiger partial charge is 0.237 e. The second-order valence-corrected chi connectivity index (χ2v) is 8.72. The molecule has 1 saturated heterocycles. The summed E-state index contributed by atoms with van der Waals surface area (Å²) in [4.78, 5) is 17.2. The van der Waals surface area contributed by atoms with Gasteiger partial charge < -0.3 is 14.6 Å². The molecule has 8 heteroatoms. The number of imidazole rings is 1. The number of carbonyl (C=O) groups excluding carboxylic acids is 1. The Balaban J connectivity index is 1.53. The Kier molecular flexibility index (Phi) is 6.67. The van der Waals surface area contributed by atoms with Gasteiger partial charge >= 0.3 is 0 Å². The van der Waals surface area contributed by atoms with Crippen LogP contribution in [0.25, 0.3) is 11.3 Å². The molecule has 0 bridgehead atoms. The number of nitrogens with zero attached hydrogens (tertiary/aromatic N) is 2. The highest BCUT2D eigenvalue weighted by molar-refractivity contribution is 8.00. The van der Waals surface area contributed by atoms with E-state index in [4.69, 9.17) is 4.74 Å². The second kappa shape index (κ2) is 9.62. The van der Waals surface area contributed by atoms with E-state index < -0.39 is 16.9 Å². The Bertz CT molecular complexity index is 1050. The highest BCUT2D eigenvalue weighted by Crippen LogP contribution is 2.30. The number of nitrogens with one attached hydrogen (secondary N) is 1. The van der Waals surface area contributed by atoms with E-state index in [9.17, 15) is 13.6 Å². The van der Waals surface area contributed by atoms with Gasteiger partial charge in [-0.1, -0.05) is 42.1 Å². The van der Waals surface area contributed by atoms with Gasteiger partial charge in [0.2, 0.25) is 5.91 Å². The first-order valence-corrected chi connectivity index (χ1v) is 11.0. The quantitative estimate of drug-likeness (QED) is 0.515. The number of anilines is 1. The van der Waals surface area contributed by atoms with Crippen LogP contribution in [0.3, 0.4) is 0 Å². The summed E-state index contributed by atoms with van der Waals surface area (Å²) in [5.41, 5.74) is 2.22. The average Bonchev–Trinajstić information content (AvgIpc) is 3.42. The molecule has 2 aromatic carbocycles. The maximum absolute atomic E-state index is 13.4. The van der Waals surface area contributed by atoms with E-state index in [1.54, 1.807) is 6.92 Å². The van der Waals surface area contributed by atoms with Crippen molar-refractivity contribution in [1.29, 1.82) is 0 Å². The van der Waals surface area contributed by atoms with Crippen molar-refractivity contribution in [2.45, 2.75) is 42.8 Å². The number of halogens is 2. The van der Waals surface area contributed by atoms with E-state index in [1.807, 2.05) is 36.5 Å². The van der Waals surface area contributed by atoms with Gasteiger partial charge in [0.25, 0.3) is 0 Å². The van der Waals surface area contributed by atoms with Gasteiger partial charge in [-0.25, -0.2) is 13.8 Å². The third-order valence-corrected chi connectivity index (χ3v) is 6.24. The van der Waals surface area contributed by atoms with Gasteiger partial charge in [-0.3, -0.25) is 4.79 Å². The van der Waals surface area contributed by atoms with Crippen molar-refractivity contribution in [2.75, 3.05) is 11.9 Å². The first kappa shape index (κ1) is 21.5. The molecule has 4 rings (SSSR count). The lowest BCUT2D eigenvalue weighted by Gasteiger charge is -2.18. The zero-order valence-corrected chi connectivity index (χ0v) is 17.9. The predicted octanol–water partition coefficient (Wildman–Crippen LogP) is 5.13. The fourth-order valence-corrected chi connectivity index (χ4v) is 4.39. The van der Waals surface area contributed by atoms with Gasteiger partial charge in [-0.2, -0.15) is 0 Å². The first-order chi connectivity index (χ1) is 15.0. The van der Waals surface area contributed by atoms with Gasteiger partial charge in [0.05, 0.1) is 29.8 Å². The van der Waals surface area contributed by atoms with E-state index in [1.165, 1.54) is 17.8 Å². The summed E-state index contributed by atoms with van der Waals surface area (Å²) in [6.45, 7) is 3.17. The molecular weight excluding hydrogens is 420 g/mol. The van der Waals surface area contributed by atoms with Gasteiger partial charge in [0.1, 0.15) is 0 Å². The number of rotatable bonds is 7. The molecule has 1 N–H and O–H groups in total. The molecule has 162 valence electrons. The summed E-state index contributed by atoms with van der Waals surface area (Å²) in [6.07, 6.45) is 3.95. The zero-order chi connectivity index (χ0) is 21.8. The van der Waals surface area contributed by atoms with Crippen LogP contribution in [-0.4, -0.2) is 33.4 Å². The highest BCUT2D eigenvalue weighted by atomic mass is 32.2. The van der Waals surface area contributed by atoms with Gasteiger partial charge in [0.15, 0.2) is 16.8 Å². The van der Waals surface area contributed by atoms with E-state index in [0.29, 0.717) is 11.7 Å². The normalized spacial score (nSPS) is 16.9. The lowest BCUT2D eigenvalue weighted by molar-refractivity contribution is -0.115. The van der Waals surface area contributed by atoms with E-state index in [-0.39, 0.29) is 17.7 Å². The summed E-state index contributed by atoms with van der Waals surface area (Å²) >= 11 is 1.32. The number of aromatic nitrogens is 2. The monoisotopic (exact) mass is 443 g/mol. The van der Waals surface area contributed by atoms with Crippen molar-refractivity contribution in [3.8, 4) is 11.3 Å². The molecule has 1 aliphatic rings. The predicted molar refractivity (Wildman–Crippen MR) is 117 cm³/mol. The lowest BCUT2D eigenvalue weighted by Crippen LogP contribution is -2.23. The molecule has 2 heterocycles. The molecule has 2 unspecified atom stereocenters. The minimum atomic E-state index is -1.00. The number of hydrogen-bond donors (Lipinski definition) is 1. The van der Waals surface area contributed by atoms with Crippen LogP contribution in [-0.2, 0) is 16.1 Å². The summed E-state index contributed by atoms with van der Waals surface area (Å²) < 4.78 is 34.5. The Morgan fingerprint density at radius 3 is 2.77 bits per heavy atom. The molecule has 0 radical (unpaired) electrons. The third-order valence-electron chi connectivity index (χ3n) is 5.14. The number of thioether (sulfide) groups is 1. The maximum atomic E-state index is 13.4. The van der Waals surface area contributed by atoms with Gasteiger partial charge in [-0.15, -0.1) is 0 Å². The maximum Gasteiger partial charge on any atom is 0.237 e. The number of hydrogen-bond acceptors (Lipinski definition) is 4. The van der Waals surface area contributed by atoms with E-state index in [2.05, 4.69) is 14.9 Å². The standard InChI is InChI=1S/C23H23F2N3O2S/c1-15(22(29)27-17-9-10-19(24)20(25)12-17)31-23-26-13-21(16-6-3-2-4-7-16)28(23)14-18-8-5-11-30-18/h2-4,6-7,9-10,12-13,15,18H,5,8,11,14H2,1H3,(H,27,29). The second-order valence-electron chi connectivity index (χ2n) is 7.42. The molecule has 5 nitrogen and oxygen atoms in total. The molecule has 0 spiro atoms. The number of benzene rings is 2. The van der Waals surface area contributed by atoms with E-state index in [0.717, 1.165) is 42.8 Å². The largest absolute Gasteiger partial charge is 0.376 e. The van der Waals surface area contributed by atoms with Crippen molar-refractivity contribution in [2.24, 2.45) is 0 Å². The average molecular weight is 444 g/mol. The van der Waals surface area contributed by atoms with Crippen molar-refractivity contribution in [3.63, 3.8) is 0 Å². The summed E-state index contributed by atoms with van der Waals surface area (Å²) in [6, 6.07) is 13.3. The van der Waals surface area contributed by atoms with Gasteiger partial charge in [-0.05, 0) is 37.5 Å². The van der Waals surface area contributed by atoms with Crippen molar-refractivity contribution in [3.05, 3.63) is 66.4 Å². The van der Waals surface area contributed by atoms with Crippen molar-refractivity contribution >= 4 is 23.4 Å². The molecule has 1 aromatic heterocycles. The third kappa shape index (κ3) is 5.14. The van der Waals surface area contributed by atoms with Crippen LogP contribution in [0.5, 0.6) is 0 Å². The fraction of sp³-hybridized carbons (Fsp3) is 0.304. The molecule has 31 heavy (non-hydrogen) atoms. The Hall–Kier alpha value is -2.71. The molecule has 0 saturated carbocycles. The van der Waals surface area contributed by atoms with Crippen LogP contribution >= 0.6 is 11.8 Å². The molecular formula is C23H23F2N3O2S. The number of carbonyl (C=O) groups is 1. The summed E-state index contributed by atoms with van der Waals surface area (Å²) in [5, 5.41) is 2.85. The SMILES string of the molecule is CC(Sc1ncc(-c2ccccc2)n1CC1CCCO1)C(=O)Nc1ccc(F)c(F)c1. The van der Waals surface area contributed by atoms with Crippen molar-refractivity contribution < 1.29 is 18.3 Å². The van der Waals surface area contributed by atoms with Crippen LogP contribution in [0.15, 0.2) is 59.9 Å². The highest BCUT2D eigenvalue weighted by Gasteiger charge is 2.23. The number of ether oxygens (including phenoxy) is 1. The minimum Gasteiger partial charge on any atom is -0.376 e. The topological polar surface area (TPSA) is 56.2 Å². The van der Waals surface area contributed by atoms with Crippen LogP contribution in [0.4, 0.5) is 14.5 Å². The Morgan fingerprint density at radius 2 is 2.06 bits per heavy atom. The molecule has 1 aliphatic heterocycles. The van der Waals surface area contributed by atoms with Crippen molar-refractivity contribution in [1.82, 2.24) is 9.55 Å². The zero-order valence-electron chi connectivity index (χ0n) is 17.1.